The molecule has 0 bridgehead atoms. The van der Waals surface area contributed by atoms with Crippen LogP contribution in [0.5, 0.6) is 0 Å². The Morgan fingerprint density at radius 3 is 2.19 bits per heavy atom. The summed E-state index contributed by atoms with van der Waals surface area (Å²) in [5, 5.41) is 9.52. The van der Waals surface area contributed by atoms with Crippen molar-refractivity contribution in [3.05, 3.63) is 35.4 Å². The third kappa shape index (κ3) is 4.02. The highest BCUT2D eigenvalue weighted by atomic mass is 32.1. The average molecular weight is 307 g/mol. The number of imide groups is 1. The molecule has 114 valence electrons. The molecule has 1 N–H and O–H groups in total. The first-order valence-corrected chi connectivity index (χ1v) is 8.34. The van der Waals surface area contributed by atoms with E-state index in [1.807, 2.05) is 0 Å². The van der Waals surface area contributed by atoms with Crippen molar-refractivity contribution in [1.29, 1.82) is 0 Å². The van der Waals surface area contributed by atoms with E-state index in [-0.39, 0.29) is 11.8 Å². The van der Waals surface area contributed by atoms with Gasteiger partial charge in [-0.25, -0.2) is 0 Å². The normalized spacial score (nSPS) is 15.1. The Hall–Kier alpha value is -1.46. The minimum absolute atomic E-state index is 0.167. The molecule has 1 heterocycles. The maximum atomic E-state index is 12.1. The maximum absolute atomic E-state index is 12.1. The Balaban J connectivity index is 1.74. The number of thiol groups is 1. The van der Waals surface area contributed by atoms with Crippen molar-refractivity contribution in [1.82, 2.24) is 4.90 Å². The van der Waals surface area contributed by atoms with Crippen LogP contribution in [0, 0.1) is 0 Å². The summed E-state index contributed by atoms with van der Waals surface area (Å²) < 4.78 is 0. The van der Waals surface area contributed by atoms with Crippen molar-refractivity contribution in [2.75, 3.05) is 12.3 Å². The zero-order chi connectivity index (χ0) is 15.2. The van der Waals surface area contributed by atoms with Gasteiger partial charge in [-0.05, 0) is 37.7 Å². The van der Waals surface area contributed by atoms with Crippen LogP contribution < -0.4 is 0 Å². The number of carbonyl (C=O) groups is 2. The third-order valence-corrected chi connectivity index (χ3v) is 4.51. The van der Waals surface area contributed by atoms with Gasteiger partial charge in [0.2, 0.25) is 0 Å². The number of benzene rings is 1. The van der Waals surface area contributed by atoms with E-state index < -0.39 is 0 Å². The molecule has 0 aromatic heterocycles. The molecule has 1 aromatic carbocycles. The van der Waals surface area contributed by atoms with Gasteiger partial charge in [0, 0.05) is 6.54 Å². The van der Waals surface area contributed by atoms with E-state index in [4.69, 9.17) is 5.11 Å². The van der Waals surface area contributed by atoms with Crippen molar-refractivity contribution in [2.24, 2.45) is 0 Å². The Labute approximate surface area is 128 Å². The van der Waals surface area contributed by atoms with Crippen molar-refractivity contribution in [3.8, 4) is 0 Å². The van der Waals surface area contributed by atoms with Crippen molar-refractivity contribution in [2.45, 2.75) is 32.6 Å². The Morgan fingerprint density at radius 2 is 1.62 bits per heavy atom. The number of hydrogen-bond donors (Lipinski definition) is 2. The van der Waals surface area contributed by atoms with Crippen LogP contribution in [-0.2, 0) is 0 Å². The Morgan fingerprint density at radius 1 is 1.05 bits per heavy atom. The fourth-order valence-electron chi connectivity index (χ4n) is 2.42. The molecule has 0 atom stereocenters. The molecule has 1 aliphatic heterocycles. The van der Waals surface area contributed by atoms with Crippen LogP contribution in [0.3, 0.4) is 0 Å². The number of nitrogens with zero attached hydrogens (tertiary/aromatic N) is 1. The molecule has 0 saturated carbocycles. The largest absolute Gasteiger partial charge is 0.360 e. The summed E-state index contributed by atoms with van der Waals surface area (Å²) in [6.45, 7) is 2.21. The lowest BCUT2D eigenvalue weighted by Gasteiger charge is -2.13. The van der Waals surface area contributed by atoms with Crippen LogP contribution in [0.4, 0.5) is 0 Å². The summed E-state index contributed by atoms with van der Waals surface area (Å²) in [4.78, 5) is 25.6. The van der Waals surface area contributed by atoms with Crippen molar-refractivity contribution < 1.29 is 14.7 Å². The van der Waals surface area contributed by atoms with E-state index in [0.717, 1.165) is 42.8 Å². The number of carbonyl (C=O) groups excluding carboxylic acids is 2. The molecule has 0 fully saturated rings. The van der Waals surface area contributed by atoms with E-state index >= 15 is 0 Å². The number of aliphatic hydroxyl groups excluding tert-OH is 1. The third-order valence-electron chi connectivity index (χ3n) is 3.51. The average Bonchev–Trinajstić information content (AvgIpc) is 2.71. The number of amides is 2. The molecule has 5 heteroatoms. The monoisotopic (exact) mass is 307 g/mol. The van der Waals surface area contributed by atoms with Gasteiger partial charge in [0.15, 0.2) is 0 Å². The van der Waals surface area contributed by atoms with Gasteiger partial charge in [-0.2, -0.15) is 11.4 Å². The summed E-state index contributed by atoms with van der Waals surface area (Å²) in [6.07, 6.45) is 3.95. The van der Waals surface area contributed by atoms with Gasteiger partial charge in [0.1, 0.15) is 0 Å². The van der Waals surface area contributed by atoms with E-state index in [1.54, 1.807) is 31.2 Å². The van der Waals surface area contributed by atoms with Crippen LogP contribution in [0.2, 0.25) is 0 Å². The molecular weight excluding hydrogens is 286 g/mol. The highest BCUT2D eigenvalue weighted by molar-refractivity contribution is 7.98. The molecule has 2 rings (SSSR count). The number of hydrogen-bond acceptors (Lipinski definition) is 2. The van der Waals surface area contributed by atoms with Crippen LogP contribution in [0.25, 0.3) is 0 Å². The number of aliphatic hydroxyl groups is 1. The van der Waals surface area contributed by atoms with Crippen LogP contribution in [-0.4, -0.2) is 39.2 Å². The Kier molecular flexibility index (Phi) is 5.70. The fraction of sp³-hybridized carbons (Fsp3) is 0.438. The molecule has 0 spiro atoms. The number of fused-ring (bicyclic) bond motifs is 1. The molecule has 0 unspecified atom stereocenters. The first kappa shape index (κ1) is 15.9. The first-order chi connectivity index (χ1) is 10.1. The van der Waals surface area contributed by atoms with Gasteiger partial charge in [0.25, 0.3) is 11.8 Å². The highest BCUT2D eigenvalue weighted by Gasteiger charge is 2.34. The Bertz CT molecular complexity index is 529. The first-order valence-electron chi connectivity index (χ1n) is 7.26. The quantitative estimate of drug-likeness (QED) is 0.352. The molecule has 2 amide bonds. The lowest BCUT2D eigenvalue weighted by Crippen LogP contribution is -2.30. The summed E-state index contributed by atoms with van der Waals surface area (Å²) in [5.41, 5.74) is 1.05. The fourth-order valence-corrected chi connectivity index (χ4v) is 3.12. The topological polar surface area (TPSA) is 57.6 Å². The minimum atomic E-state index is -0.167. The summed E-state index contributed by atoms with van der Waals surface area (Å²) in [5.74, 6) is 0.634. The summed E-state index contributed by atoms with van der Waals surface area (Å²) in [6, 6.07) is 6.99. The van der Waals surface area contributed by atoms with Crippen molar-refractivity contribution in [3.63, 3.8) is 0 Å². The predicted molar refractivity (Wildman–Crippen MR) is 87.4 cm³/mol. The van der Waals surface area contributed by atoms with Gasteiger partial charge in [0.05, 0.1) is 16.2 Å². The lowest BCUT2D eigenvalue weighted by atomic mass is 10.1. The highest BCUT2D eigenvalue weighted by Crippen LogP contribution is 2.22. The molecule has 4 nitrogen and oxygen atoms in total. The zero-order valence-corrected chi connectivity index (χ0v) is 13.1. The molecule has 1 aromatic rings. The SMILES string of the molecule is CC(O)=[SH]CCCCCCN1C(=O)c2ccccc2C1=O. The minimum Gasteiger partial charge on any atom is -0.360 e. The van der Waals surface area contributed by atoms with Crippen LogP contribution >= 0.6 is 11.4 Å². The molecule has 0 aliphatic carbocycles. The predicted octanol–water partition coefficient (Wildman–Crippen LogP) is 3.02. The van der Waals surface area contributed by atoms with E-state index in [9.17, 15) is 9.59 Å². The van der Waals surface area contributed by atoms with Gasteiger partial charge in [-0.3, -0.25) is 14.5 Å². The van der Waals surface area contributed by atoms with Gasteiger partial charge < -0.3 is 5.11 Å². The molecule has 0 radical (unpaired) electrons. The lowest BCUT2D eigenvalue weighted by molar-refractivity contribution is 0.0651. The van der Waals surface area contributed by atoms with Crippen LogP contribution in [0.1, 0.15) is 53.3 Å². The smallest absolute Gasteiger partial charge is 0.261 e. The van der Waals surface area contributed by atoms with Crippen molar-refractivity contribution >= 4 is 28.2 Å². The van der Waals surface area contributed by atoms with E-state index in [2.05, 4.69) is 0 Å². The second kappa shape index (κ2) is 7.52. The molecular formula is C16H21NO3S. The van der Waals surface area contributed by atoms with Crippen LogP contribution in [0.15, 0.2) is 24.3 Å². The van der Waals surface area contributed by atoms with E-state index in [0.29, 0.717) is 22.7 Å². The summed E-state index contributed by atoms with van der Waals surface area (Å²) in [7, 11) is 0. The second-order valence-corrected chi connectivity index (χ2v) is 6.56. The van der Waals surface area contributed by atoms with E-state index in [1.165, 1.54) is 4.90 Å². The second-order valence-electron chi connectivity index (χ2n) is 5.15. The van der Waals surface area contributed by atoms with Gasteiger partial charge in [-0.15, -0.1) is 0 Å². The molecule has 1 aliphatic rings. The molecule has 21 heavy (non-hydrogen) atoms. The van der Waals surface area contributed by atoms with Gasteiger partial charge in [-0.1, -0.05) is 25.0 Å². The number of unbranched alkanes of at least 4 members (excludes halogenated alkanes) is 3. The number of rotatable bonds is 7. The maximum Gasteiger partial charge on any atom is 0.261 e. The standard InChI is InChI=1S/C16H21NO3S/c1-12(18)21-11-7-3-2-6-10-17-15(19)13-8-4-5-9-14(13)16(17)20/h4-5,8-9,18,21H,2-3,6-7,10-11H2,1H3. The summed E-state index contributed by atoms with van der Waals surface area (Å²) >= 11 is 0.995. The zero-order valence-electron chi connectivity index (χ0n) is 12.2. The molecule has 0 saturated heterocycles. The van der Waals surface area contributed by atoms with Gasteiger partial charge >= 0.3 is 0 Å².